The number of ether oxygens (including phenoxy) is 3. The first-order valence-corrected chi connectivity index (χ1v) is 14.9. The Bertz CT molecular complexity index is 1020. The Hall–Kier alpha value is -2.47. The van der Waals surface area contributed by atoms with Crippen molar-refractivity contribution in [2.75, 3.05) is 19.7 Å². The van der Waals surface area contributed by atoms with E-state index in [0.29, 0.717) is 32.1 Å². The Morgan fingerprint density at radius 1 is 0.872 bits per heavy atom. The second-order valence-corrected chi connectivity index (χ2v) is 11.9. The molecule has 1 aliphatic carbocycles. The molecule has 212 valence electrons. The first-order chi connectivity index (χ1) is 18.9. The van der Waals surface area contributed by atoms with Gasteiger partial charge in [-0.2, -0.15) is 0 Å². The third kappa shape index (κ3) is 9.59. The summed E-state index contributed by atoms with van der Waals surface area (Å²) in [4.78, 5) is 14.6. The first-order valence-electron chi connectivity index (χ1n) is 14.9. The summed E-state index contributed by atoms with van der Waals surface area (Å²) in [5, 5.41) is 0. The number of hydrogen-bond acceptors (Lipinski definition) is 5. The van der Waals surface area contributed by atoms with Crippen LogP contribution in [0.4, 0.5) is 0 Å². The Morgan fingerprint density at radius 3 is 2.26 bits per heavy atom. The predicted molar refractivity (Wildman–Crippen MR) is 157 cm³/mol. The molecule has 0 amide bonds. The van der Waals surface area contributed by atoms with Gasteiger partial charge in [0.2, 0.25) is 0 Å². The molecular formula is C34H47NO4. The molecule has 4 rings (SSSR count). The molecule has 1 saturated heterocycles. The number of allylic oxidation sites excluding steroid dienone is 1. The molecule has 5 heteroatoms. The molecule has 2 fully saturated rings. The SMILES string of the molecule is CC(C)(C)OC(=O)CCC=CCO[C@H]1[C@H](N2CCCCCC2)CC[C@H]1OCc1ccc(-c2ccccc2)cc1. The fraction of sp³-hybridized carbons (Fsp3) is 0.559. The molecule has 0 bridgehead atoms. The molecule has 0 unspecified atom stereocenters. The van der Waals surface area contributed by atoms with Crippen molar-refractivity contribution < 1.29 is 19.0 Å². The zero-order valence-electron chi connectivity index (χ0n) is 24.1. The maximum Gasteiger partial charge on any atom is 0.306 e. The van der Waals surface area contributed by atoms with Gasteiger partial charge in [0.25, 0.3) is 0 Å². The van der Waals surface area contributed by atoms with Crippen LogP contribution in [0, 0.1) is 0 Å². The lowest BCUT2D eigenvalue weighted by atomic mass is 10.0. The molecule has 3 atom stereocenters. The summed E-state index contributed by atoms with van der Waals surface area (Å²) in [6.45, 7) is 9.14. The van der Waals surface area contributed by atoms with Crippen LogP contribution in [0.2, 0.25) is 0 Å². The van der Waals surface area contributed by atoms with Crippen LogP contribution in [0.1, 0.15) is 77.7 Å². The highest BCUT2D eigenvalue weighted by atomic mass is 16.6. The molecule has 1 aliphatic heterocycles. The van der Waals surface area contributed by atoms with Crippen molar-refractivity contribution in [3.05, 3.63) is 72.3 Å². The van der Waals surface area contributed by atoms with Crippen LogP contribution in [-0.2, 0) is 25.6 Å². The minimum atomic E-state index is -0.437. The zero-order valence-corrected chi connectivity index (χ0v) is 24.1. The fourth-order valence-corrected chi connectivity index (χ4v) is 5.70. The van der Waals surface area contributed by atoms with E-state index in [1.807, 2.05) is 39.0 Å². The number of esters is 1. The van der Waals surface area contributed by atoms with E-state index in [-0.39, 0.29) is 18.2 Å². The van der Waals surface area contributed by atoms with Gasteiger partial charge >= 0.3 is 5.97 Å². The standard InChI is InChI=1S/C34H47NO4/c1-34(2,3)39-32(36)16-10-7-13-25-37-33-30(35-23-11-4-5-12-24-35)21-22-31(33)38-26-27-17-19-29(20-18-27)28-14-8-6-9-15-28/h6-9,13-15,17-20,30-31,33H,4-5,10-12,16,21-26H2,1-3H3/t30-,31-,33+/m1/s1. The van der Waals surface area contributed by atoms with Crippen molar-refractivity contribution in [1.82, 2.24) is 4.90 Å². The number of benzene rings is 2. The van der Waals surface area contributed by atoms with Gasteiger partial charge in [-0.25, -0.2) is 0 Å². The van der Waals surface area contributed by atoms with Crippen LogP contribution in [0.25, 0.3) is 11.1 Å². The summed E-state index contributed by atoms with van der Waals surface area (Å²) in [5.74, 6) is -0.157. The first kappa shape index (κ1) is 29.5. The molecule has 0 spiro atoms. The van der Waals surface area contributed by atoms with Gasteiger partial charge < -0.3 is 14.2 Å². The van der Waals surface area contributed by atoms with Gasteiger partial charge in [-0.1, -0.05) is 79.6 Å². The average Bonchev–Trinajstić information content (AvgIpc) is 3.12. The molecule has 39 heavy (non-hydrogen) atoms. The van der Waals surface area contributed by atoms with E-state index < -0.39 is 5.60 Å². The van der Waals surface area contributed by atoms with Crippen LogP contribution >= 0.6 is 0 Å². The van der Waals surface area contributed by atoms with E-state index in [2.05, 4.69) is 53.4 Å². The normalized spacial score (nSPS) is 22.7. The number of likely N-dealkylation sites (tertiary alicyclic amines) is 1. The lowest BCUT2D eigenvalue weighted by Gasteiger charge is -2.33. The monoisotopic (exact) mass is 533 g/mol. The number of carbonyl (C=O) groups excluding carboxylic acids is 1. The molecular weight excluding hydrogens is 486 g/mol. The fourth-order valence-electron chi connectivity index (χ4n) is 5.70. The number of nitrogens with zero attached hydrogens (tertiary/aromatic N) is 1. The number of carbonyl (C=O) groups is 1. The van der Waals surface area contributed by atoms with Crippen LogP contribution in [0.3, 0.4) is 0 Å². The summed E-state index contributed by atoms with van der Waals surface area (Å²) >= 11 is 0. The summed E-state index contributed by atoms with van der Waals surface area (Å²) in [6, 6.07) is 19.6. The third-order valence-electron chi connectivity index (χ3n) is 7.61. The zero-order chi connectivity index (χ0) is 27.5. The second kappa shape index (κ2) is 14.8. The Morgan fingerprint density at radius 2 is 1.56 bits per heavy atom. The van der Waals surface area contributed by atoms with Crippen molar-refractivity contribution in [2.45, 2.75) is 103 Å². The molecule has 1 saturated carbocycles. The van der Waals surface area contributed by atoms with E-state index in [9.17, 15) is 4.79 Å². The van der Waals surface area contributed by atoms with Crippen molar-refractivity contribution in [1.29, 1.82) is 0 Å². The van der Waals surface area contributed by atoms with Crippen molar-refractivity contribution in [3.63, 3.8) is 0 Å². The average molecular weight is 534 g/mol. The molecule has 2 aromatic carbocycles. The van der Waals surface area contributed by atoms with E-state index >= 15 is 0 Å². The lowest BCUT2D eigenvalue weighted by molar-refractivity contribution is -0.154. The number of rotatable bonds is 11. The van der Waals surface area contributed by atoms with Crippen molar-refractivity contribution in [2.24, 2.45) is 0 Å². The highest BCUT2D eigenvalue weighted by Gasteiger charge is 2.40. The molecule has 1 heterocycles. The van der Waals surface area contributed by atoms with Gasteiger partial charge in [-0.15, -0.1) is 0 Å². The second-order valence-electron chi connectivity index (χ2n) is 11.9. The lowest BCUT2D eigenvalue weighted by Crippen LogP contribution is -2.45. The number of hydrogen-bond donors (Lipinski definition) is 0. The van der Waals surface area contributed by atoms with Crippen LogP contribution in [-0.4, -0.2) is 54.4 Å². The predicted octanol–water partition coefficient (Wildman–Crippen LogP) is 7.34. The van der Waals surface area contributed by atoms with Crippen molar-refractivity contribution >= 4 is 5.97 Å². The molecule has 0 aromatic heterocycles. The van der Waals surface area contributed by atoms with Crippen LogP contribution in [0.5, 0.6) is 0 Å². The van der Waals surface area contributed by atoms with E-state index in [1.54, 1.807) is 0 Å². The topological polar surface area (TPSA) is 48.0 Å². The van der Waals surface area contributed by atoms with Gasteiger partial charge in [0.1, 0.15) is 5.60 Å². The minimum Gasteiger partial charge on any atom is -0.460 e. The van der Waals surface area contributed by atoms with Gasteiger partial charge in [-0.3, -0.25) is 9.69 Å². The van der Waals surface area contributed by atoms with E-state index in [1.165, 1.54) is 42.4 Å². The smallest absolute Gasteiger partial charge is 0.306 e. The molecule has 2 aliphatic rings. The summed E-state index contributed by atoms with van der Waals surface area (Å²) in [6.07, 6.45) is 12.6. The van der Waals surface area contributed by atoms with Crippen LogP contribution in [0.15, 0.2) is 66.7 Å². The van der Waals surface area contributed by atoms with Gasteiger partial charge in [0.05, 0.1) is 25.4 Å². The molecule has 0 radical (unpaired) electrons. The van der Waals surface area contributed by atoms with Crippen LogP contribution < -0.4 is 0 Å². The molecule has 5 nitrogen and oxygen atoms in total. The maximum absolute atomic E-state index is 12.0. The summed E-state index contributed by atoms with van der Waals surface area (Å²) in [7, 11) is 0. The Labute approximate surface area is 235 Å². The quantitative estimate of drug-likeness (QED) is 0.223. The Balaban J connectivity index is 1.31. The third-order valence-corrected chi connectivity index (χ3v) is 7.61. The maximum atomic E-state index is 12.0. The minimum absolute atomic E-state index is 0.0576. The summed E-state index contributed by atoms with van der Waals surface area (Å²) in [5.41, 5.74) is 3.21. The largest absolute Gasteiger partial charge is 0.460 e. The van der Waals surface area contributed by atoms with E-state index in [0.717, 1.165) is 25.9 Å². The molecule has 2 aromatic rings. The van der Waals surface area contributed by atoms with Crippen molar-refractivity contribution in [3.8, 4) is 11.1 Å². The van der Waals surface area contributed by atoms with E-state index in [4.69, 9.17) is 14.2 Å². The van der Waals surface area contributed by atoms with Gasteiger partial charge in [0, 0.05) is 12.5 Å². The summed E-state index contributed by atoms with van der Waals surface area (Å²) < 4.78 is 18.4. The highest BCUT2D eigenvalue weighted by molar-refractivity contribution is 5.70. The van der Waals surface area contributed by atoms with Gasteiger partial charge in [0.15, 0.2) is 0 Å². The van der Waals surface area contributed by atoms with Gasteiger partial charge in [-0.05, 0) is 82.7 Å². The Kier molecular flexibility index (Phi) is 11.2. The highest BCUT2D eigenvalue weighted by Crippen LogP contribution is 2.32. The molecule has 0 N–H and O–H groups in total.